The summed E-state index contributed by atoms with van der Waals surface area (Å²) in [4.78, 5) is 20.8. The third-order valence-electron chi connectivity index (χ3n) is 3.52. The smallest absolute Gasteiger partial charge is 0.237 e. The van der Waals surface area contributed by atoms with Crippen molar-refractivity contribution < 1.29 is 4.79 Å². The predicted molar refractivity (Wildman–Crippen MR) is 100 cm³/mol. The molecular weight excluding hydrogens is 320 g/mol. The first-order valence-electron chi connectivity index (χ1n) is 7.84. The number of nitrogens with one attached hydrogen (secondary N) is 1. The maximum Gasteiger partial charge on any atom is 0.237 e. The van der Waals surface area contributed by atoms with Crippen LogP contribution in [0.5, 0.6) is 0 Å². The van der Waals surface area contributed by atoms with Gasteiger partial charge in [0.15, 0.2) is 5.16 Å². The van der Waals surface area contributed by atoms with Gasteiger partial charge in [-0.25, -0.2) is 9.97 Å². The highest BCUT2D eigenvalue weighted by molar-refractivity contribution is 8.00. The van der Waals surface area contributed by atoms with Crippen LogP contribution >= 0.6 is 11.8 Å². The molecule has 0 aliphatic carbocycles. The van der Waals surface area contributed by atoms with E-state index in [2.05, 4.69) is 36.1 Å². The Kier molecular flexibility index (Phi) is 5.49. The van der Waals surface area contributed by atoms with Crippen LogP contribution in [-0.4, -0.2) is 21.1 Å². The topological polar surface area (TPSA) is 80.9 Å². The molecule has 128 valence electrons. The molecule has 1 atom stereocenters. The number of carbonyl (C=O) groups excluding carboxylic acids is 1. The highest BCUT2D eigenvalue weighted by Gasteiger charge is 2.17. The van der Waals surface area contributed by atoms with Gasteiger partial charge in [0.2, 0.25) is 5.91 Å². The monoisotopic (exact) mass is 344 g/mol. The van der Waals surface area contributed by atoms with Crippen molar-refractivity contribution in [2.45, 2.75) is 50.4 Å². The Morgan fingerprint density at radius 2 is 1.83 bits per heavy atom. The van der Waals surface area contributed by atoms with Crippen LogP contribution in [0.25, 0.3) is 0 Å². The SMILES string of the molecule is Cc1cc(N)nc(SC(C)C(=O)Nc2ccc(C(C)(C)C)cc2)n1. The Balaban J connectivity index is 2.01. The predicted octanol–water partition coefficient (Wildman–Crippen LogP) is 3.78. The van der Waals surface area contributed by atoms with Crippen LogP contribution in [0.15, 0.2) is 35.5 Å². The van der Waals surface area contributed by atoms with Crippen LogP contribution in [0.3, 0.4) is 0 Å². The van der Waals surface area contributed by atoms with Gasteiger partial charge in [-0.1, -0.05) is 44.7 Å². The molecular formula is C18H24N4OS. The highest BCUT2D eigenvalue weighted by Crippen LogP contribution is 2.25. The van der Waals surface area contributed by atoms with Gasteiger partial charge in [-0.15, -0.1) is 0 Å². The summed E-state index contributed by atoms with van der Waals surface area (Å²) in [5, 5.41) is 3.11. The molecule has 1 heterocycles. The molecule has 0 saturated heterocycles. The zero-order valence-corrected chi connectivity index (χ0v) is 15.6. The molecule has 1 aromatic heterocycles. The molecule has 1 amide bonds. The molecule has 0 aliphatic heterocycles. The second kappa shape index (κ2) is 7.21. The first kappa shape index (κ1) is 18.3. The fourth-order valence-electron chi connectivity index (χ4n) is 2.13. The number of thioether (sulfide) groups is 1. The van der Waals surface area contributed by atoms with E-state index in [0.29, 0.717) is 11.0 Å². The summed E-state index contributed by atoms with van der Waals surface area (Å²) in [5.41, 5.74) is 8.61. The fraction of sp³-hybridized carbons (Fsp3) is 0.389. The van der Waals surface area contributed by atoms with Crippen LogP contribution in [0.2, 0.25) is 0 Å². The molecule has 24 heavy (non-hydrogen) atoms. The summed E-state index contributed by atoms with van der Waals surface area (Å²) in [7, 11) is 0. The first-order valence-corrected chi connectivity index (χ1v) is 8.72. The number of carbonyl (C=O) groups is 1. The van der Waals surface area contributed by atoms with E-state index in [0.717, 1.165) is 11.4 Å². The largest absolute Gasteiger partial charge is 0.384 e. The lowest BCUT2D eigenvalue weighted by Gasteiger charge is -2.19. The number of amides is 1. The number of anilines is 2. The Morgan fingerprint density at radius 3 is 2.38 bits per heavy atom. The quantitative estimate of drug-likeness (QED) is 0.651. The zero-order valence-electron chi connectivity index (χ0n) is 14.8. The minimum atomic E-state index is -0.325. The van der Waals surface area contributed by atoms with Crippen molar-refractivity contribution in [2.24, 2.45) is 0 Å². The number of benzene rings is 1. The first-order chi connectivity index (χ1) is 11.1. The summed E-state index contributed by atoms with van der Waals surface area (Å²) in [6.07, 6.45) is 0. The number of nitrogens with two attached hydrogens (primary N) is 1. The maximum atomic E-state index is 12.3. The van der Waals surface area contributed by atoms with E-state index >= 15 is 0 Å². The molecule has 0 fully saturated rings. The Bertz CT molecular complexity index is 703. The zero-order chi connectivity index (χ0) is 17.9. The third-order valence-corrected chi connectivity index (χ3v) is 4.48. The Labute approximate surface area is 147 Å². The van der Waals surface area contributed by atoms with Crippen molar-refractivity contribution in [2.75, 3.05) is 11.1 Å². The second-order valence-corrected chi connectivity index (χ2v) is 8.10. The number of aryl methyl sites for hydroxylation is 1. The summed E-state index contributed by atoms with van der Waals surface area (Å²) >= 11 is 1.29. The highest BCUT2D eigenvalue weighted by atomic mass is 32.2. The van der Waals surface area contributed by atoms with Gasteiger partial charge >= 0.3 is 0 Å². The van der Waals surface area contributed by atoms with Gasteiger partial charge in [-0.05, 0) is 37.0 Å². The number of hydrogen-bond acceptors (Lipinski definition) is 5. The molecule has 0 radical (unpaired) electrons. The third kappa shape index (κ3) is 4.96. The van der Waals surface area contributed by atoms with Gasteiger partial charge in [0.05, 0.1) is 5.25 Å². The summed E-state index contributed by atoms with van der Waals surface area (Å²) in [6, 6.07) is 9.63. The van der Waals surface area contributed by atoms with E-state index in [-0.39, 0.29) is 16.6 Å². The van der Waals surface area contributed by atoms with Crippen molar-refractivity contribution in [1.29, 1.82) is 0 Å². The van der Waals surface area contributed by atoms with Gasteiger partial charge < -0.3 is 11.1 Å². The normalized spacial score (nSPS) is 12.7. The van der Waals surface area contributed by atoms with Crippen LogP contribution in [0.1, 0.15) is 39.0 Å². The van der Waals surface area contributed by atoms with Crippen molar-refractivity contribution in [1.82, 2.24) is 9.97 Å². The van der Waals surface area contributed by atoms with Crippen LogP contribution < -0.4 is 11.1 Å². The molecule has 2 rings (SSSR count). The summed E-state index contributed by atoms with van der Waals surface area (Å²) in [6.45, 7) is 10.2. The van der Waals surface area contributed by atoms with Crippen LogP contribution in [0.4, 0.5) is 11.5 Å². The minimum Gasteiger partial charge on any atom is -0.384 e. The standard InChI is InChI=1S/C18H24N4OS/c1-11-10-15(19)22-17(20-11)24-12(2)16(23)21-14-8-6-13(7-9-14)18(3,4)5/h6-10,12H,1-5H3,(H,21,23)(H2,19,20,22). The van der Waals surface area contributed by atoms with E-state index in [1.54, 1.807) is 6.07 Å². The number of aromatic nitrogens is 2. The number of rotatable bonds is 4. The molecule has 1 aromatic carbocycles. The van der Waals surface area contributed by atoms with E-state index in [1.807, 2.05) is 38.1 Å². The lowest BCUT2D eigenvalue weighted by Crippen LogP contribution is -2.23. The molecule has 2 aromatic rings. The van der Waals surface area contributed by atoms with Gasteiger partial charge in [-0.3, -0.25) is 4.79 Å². The average Bonchev–Trinajstić information content (AvgIpc) is 2.45. The van der Waals surface area contributed by atoms with Crippen LogP contribution in [0, 0.1) is 6.92 Å². The lowest BCUT2D eigenvalue weighted by molar-refractivity contribution is -0.115. The molecule has 5 nitrogen and oxygen atoms in total. The number of hydrogen-bond donors (Lipinski definition) is 2. The molecule has 3 N–H and O–H groups in total. The Hall–Kier alpha value is -2.08. The van der Waals surface area contributed by atoms with E-state index in [4.69, 9.17) is 5.73 Å². The summed E-state index contributed by atoms with van der Waals surface area (Å²) < 4.78 is 0. The van der Waals surface area contributed by atoms with E-state index in [9.17, 15) is 4.79 Å². The van der Waals surface area contributed by atoms with E-state index < -0.39 is 0 Å². The molecule has 0 saturated carbocycles. The van der Waals surface area contributed by atoms with Gasteiger partial charge in [0.1, 0.15) is 5.82 Å². The molecule has 0 aliphatic rings. The molecule has 1 unspecified atom stereocenters. The second-order valence-electron chi connectivity index (χ2n) is 6.79. The molecule has 0 bridgehead atoms. The number of nitrogen functional groups attached to an aromatic ring is 1. The minimum absolute atomic E-state index is 0.0906. The molecule has 6 heteroatoms. The summed E-state index contributed by atoms with van der Waals surface area (Å²) in [5.74, 6) is 0.322. The average molecular weight is 344 g/mol. The van der Waals surface area contributed by atoms with Crippen molar-refractivity contribution in [3.63, 3.8) is 0 Å². The van der Waals surface area contributed by atoms with Gasteiger partial charge in [-0.2, -0.15) is 0 Å². The number of nitrogens with zero attached hydrogens (tertiary/aromatic N) is 2. The lowest BCUT2D eigenvalue weighted by atomic mass is 9.87. The Morgan fingerprint density at radius 1 is 1.21 bits per heavy atom. The fourth-order valence-corrected chi connectivity index (χ4v) is 2.96. The molecule has 0 spiro atoms. The van der Waals surface area contributed by atoms with Gasteiger partial charge in [0.25, 0.3) is 0 Å². The van der Waals surface area contributed by atoms with Crippen molar-refractivity contribution >= 4 is 29.2 Å². The van der Waals surface area contributed by atoms with Crippen molar-refractivity contribution in [3.05, 3.63) is 41.6 Å². The van der Waals surface area contributed by atoms with E-state index in [1.165, 1.54) is 17.3 Å². The van der Waals surface area contributed by atoms with Crippen LogP contribution in [-0.2, 0) is 10.2 Å². The van der Waals surface area contributed by atoms with Crippen molar-refractivity contribution in [3.8, 4) is 0 Å². The maximum absolute atomic E-state index is 12.3. The van der Waals surface area contributed by atoms with Gasteiger partial charge in [0, 0.05) is 17.4 Å².